The Morgan fingerprint density at radius 2 is 1.74 bits per heavy atom. The van der Waals surface area contributed by atoms with Gasteiger partial charge >= 0.3 is 0 Å². The first kappa shape index (κ1) is 23.6. The fourth-order valence-corrected chi connectivity index (χ4v) is 3.72. The minimum atomic E-state index is -2.88. The number of aromatic nitrogens is 3. The zero-order valence-electron chi connectivity index (χ0n) is 18.6. The Morgan fingerprint density at radius 3 is 2.29 bits per heavy atom. The van der Waals surface area contributed by atoms with Gasteiger partial charge in [0.25, 0.3) is 18.3 Å². The van der Waals surface area contributed by atoms with E-state index in [9.17, 15) is 22.4 Å². The van der Waals surface area contributed by atoms with Gasteiger partial charge in [0.05, 0.1) is 17.8 Å². The van der Waals surface area contributed by atoms with Crippen LogP contribution in [0.5, 0.6) is 0 Å². The first-order valence-electron chi connectivity index (χ1n) is 10.8. The predicted octanol–water partition coefficient (Wildman–Crippen LogP) is 5.70. The summed E-state index contributed by atoms with van der Waals surface area (Å²) >= 11 is 0. The molecule has 0 atom stereocenters. The highest BCUT2D eigenvalue weighted by Crippen LogP contribution is 2.39. The lowest BCUT2D eigenvalue weighted by molar-refractivity contribution is 0.0257. The van der Waals surface area contributed by atoms with Crippen molar-refractivity contribution in [2.45, 2.75) is 38.5 Å². The smallest absolute Gasteiger partial charge is 0.266 e. The van der Waals surface area contributed by atoms with E-state index in [-0.39, 0.29) is 41.5 Å². The van der Waals surface area contributed by atoms with Crippen LogP contribution in [-0.4, -0.2) is 39.9 Å². The van der Waals surface area contributed by atoms with Crippen molar-refractivity contribution in [2.75, 3.05) is 23.3 Å². The third-order valence-corrected chi connectivity index (χ3v) is 5.56. The molecular weight excluding hydrogens is 450 g/mol. The lowest BCUT2D eigenvalue weighted by Gasteiger charge is -2.23. The number of carbonyl (C=O) groups excluding carboxylic acids is 1. The number of benzene rings is 1. The molecule has 1 saturated heterocycles. The molecule has 0 aliphatic carbocycles. The van der Waals surface area contributed by atoms with Crippen LogP contribution in [0.25, 0.3) is 11.1 Å². The summed E-state index contributed by atoms with van der Waals surface area (Å²) in [5, 5.41) is 2.77. The van der Waals surface area contributed by atoms with Gasteiger partial charge < -0.3 is 10.2 Å². The van der Waals surface area contributed by atoms with Gasteiger partial charge in [0.1, 0.15) is 5.82 Å². The molecule has 0 saturated carbocycles. The van der Waals surface area contributed by atoms with Gasteiger partial charge in [-0.3, -0.25) is 4.79 Å². The Hall–Kier alpha value is -3.56. The number of hydrogen-bond acceptors (Lipinski definition) is 5. The van der Waals surface area contributed by atoms with Crippen LogP contribution in [0.2, 0.25) is 0 Å². The van der Waals surface area contributed by atoms with Crippen molar-refractivity contribution in [1.29, 1.82) is 0 Å². The summed E-state index contributed by atoms with van der Waals surface area (Å²) in [6.45, 7) is 3.37. The molecule has 2 aromatic heterocycles. The minimum Gasteiger partial charge on any atom is -0.349 e. The number of hydrogen-bond donors (Lipinski definition) is 1. The standard InChI is InChI=1S/C24H23F4N5O/c1-14(2)21-30-11-17(12-31-21)23(34)32-19-18(15-3-5-16(6-4-15)20(25)26)7-9-29-22(19)33-10-8-24(27,28)13-33/h3-7,9,11-12,14,20H,8,10,13H2,1-2H3,(H,32,34). The zero-order chi connectivity index (χ0) is 24.5. The zero-order valence-corrected chi connectivity index (χ0v) is 18.6. The van der Waals surface area contributed by atoms with Gasteiger partial charge in [-0.1, -0.05) is 38.1 Å². The largest absolute Gasteiger partial charge is 0.349 e. The second-order valence-corrected chi connectivity index (χ2v) is 8.45. The van der Waals surface area contributed by atoms with Crippen LogP contribution in [0.3, 0.4) is 0 Å². The molecule has 0 radical (unpaired) electrons. The molecule has 1 fully saturated rings. The van der Waals surface area contributed by atoms with Crippen LogP contribution in [0, 0.1) is 0 Å². The van der Waals surface area contributed by atoms with Gasteiger partial charge in [0.15, 0.2) is 5.82 Å². The average molecular weight is 473 g/mol. The quantitative estimate of drug-likeness (QED) is 0.465. The van der Waals surface area contributed by atoms with Crippen molar-refractivity contribution in [3.63, 3.8) is 0 Å². The van der Waals surface area contributed by atoms with Gasteiger partial charge in [0, 0.05) is 48.6 Å². The molecule has 3 heterocycles. The maximum atomic E-state index is 13.9. The lowest BCUT2D eigenvalue weighted by atomic mass is 10.0. The maximum absolute atomic E-state index is 13.9. The van der Waals surface area contributed by atoms with Crippen LogP contribution in [0.4, 0.5) is 29.1 Å². The molecular formula is C24H23F4N5O. The molecule has 178 valence electrons. The number of amides is 1. The Labute approximate surface area is 194 Å². The molecule has 0 bridgehead atoms. The summed E-state index contributed by atoms with van der Waals surface area (Å²) in [6.07, 6.45) is 1.28. The summed E-state index contributed by atoms with van der Waals surface area (Å²) in [6, 6.07) is 7.16. The second-order valence-electron chi connectivity index (χ2n) is 8.45. The number of rotatable bonds is 6. The van der Waals surface area contributed by atoms with E-state index >= 15 is 0 Å². The van der Waals surface area contributed by atoms with E-state index in [0.29, 0.717) is 17.0 Å². The highest BCUT2D eigenvalue weighted by atomic mass is 19.3. The average Bonchev–Trinajstić information content (AvgIpc) is 3.18. The Morgan fingerprint density at radius 1 is 1.06 bits per heavy atom. The van der Waals surface area contributed by atoms with Crippen molar-refractivity contribution < 1.29 is 22.4 Å². The highest BCUT2D eigenvalue weighted by molar-refractivity contribution is 6.08. The SMILES string of the molecule is CC(C)c1ncc(C(=O)Nc2c(-c3ccc(C(F)F)cc3)ccnc2N2CCC(F)(F)C2)cn1. The minimum absolute atomic E-state index is 0.0584. The first-order valence-corrected chi connectivity index (χ1v) is 10.8. The van der Waals surface area contributed by atoms with Gasteiger partial charge in [-0.15, -0.1) is 0 Å². The maximum Gasteiger partial charge on any atom is 0.266 e. The Bertz CT molecular complexity index is 1170. The summed E-state index contributed by atoms with van der Waals surface area (Å²) in [5.74, 6) is -2.57. The second kappa shape index (κ2) is 9.36. The number of anilines is 2. The first-order chi connectivity index (χ1) is 16.1. The molecule has 10 heteroatoms. The van der Waals surface area contributed by atoms with Crippen molar-refractivity contribution in [2.24, 2.45) is 0 Å². The molecule has 6 nitrogen and oxygen atoms in total. The fraction of sp³-hybridized carbons (Fsp3) is 0.333. The normalized spacial score (nSPS) is 15.2. The molecule has 1 aliphatic rings. The van der Waals surface area contributed by atoms with E-state index < -0.39 is 24.8 Å². The third kappa shape index (κ3) is 5.00. The van der Waals surface area contributed by atoms with Gasteiger partial charge in [-0.25, -0.2) is 32.5 Å². The van der Waals surface area contributed by atoms with Crippen LogP contribution in [0.1, 0.15) is 54.4 Å². The van der Waals surface area contributed by atoms with E-state index in [1.54, 1.807) is 6.07 Å². The summed E-state index contributed by atoms with van der Waals surface area (Å²) in [7, 11) is 0. The molecule has 1 aliphatic heterocycles. The van der Waals surface area contributed by atoms with E-state index in [4.69, 9.17) is 0 Å². The van der Waals surface area contributed by atoms with Gasteiger partial charge in [-0.05, 0) is 11.6 Å². The molecule has 0 unspecified atom stereocenters. The molecule has 1 amide bonds. The predicted molar refractivity (Wildman–Crippen MR) is 120 cm³/mol. The number of carbonyl (C=O) groups is 1. The van der Waals surface area contributed by atoms with Crippen LogP contribution in [-0.2, 0) is 0 Å². The lowest BCUT2D eigenvalue weighted by Crippen LogP contribution is -2.27. The number of nitrogens with one attached hydrogen (secondary N) is 1. The third-order valence-electron chi connectivity index (χ3n) is 5.56. The van der Waals surface area contributed by atoms with Crippen LogP contribution < -0.4 is 10.2 Å². The number of alkyl halides is 4. The molecule has 3 aromatic rings. The fourth-order valence-electron chi connectivity index (χ4n) is 3.72. The number of nitrogens with zero attached hydrogens (tertiary/aromatic N) is 4. The van der Waals surface area contributed by atoms with Crippen molar-refractivity contribution in [3.05, 3.63) is 65.9 Å². The molecule has 1 aromatic carbocycles. The number of pyridine rings is 1. The van der Waals surface area contributed by atoms with E-state index in [2.05, 4.69) is 20.3 Å². The van der Waals surface area contributed by atoms with Gasteiger partial charge in [-0.2, -0.15) is 0 Å². The molecule has 4 rings (SSSR count). The Kier molecular flexibility index (Phi) is 6.49. The molecule has 34 heavy (non-hydrogen) atoms. The van der Waals surface area contributed by atoms with Gasteiger partial charge in [0.2, 0.25) is 0 Å². The van der Waals surface area contributed by atoms with E-state index in [1.807, 2.05) is 13.8 Å². The van der Waals surface area contributed by atoms with Crippen molar-refractivity contribution in [3.8, 4) is 11.1 Å². The summed E-state index contributed by atoms with van der Waals surface area (Å²) in [4.78, 5) is 27.1. The van der Waals surface area contributed by atoms with Crippen molar-refractivity contribution >= 4 is 17.4 Å². The topological polar surface area (TPSA) is 71.0 Å². The molecule has 1 N–H and O–H groups in total. The monoisotopic (exact) mass is 473 g/mol. The number of halogens is 4. The van der Waals surface area contributed by atoms with Crippen LogP contribution in [0.15, 0.2) is 48.9 Å². The van der Waals surface area contributed by atoms with E-state index in [1.165, 1.54) is 47.8 Å². The van der Waals surface area contributed by atoms with E-state index in [0.717, 1.165) is 0 Å². The Balaban J connectivity index is 1.73. The summed E-state index contributed by atoms with van der Waals surface area (Å²) in [5.41, 5.74) is 1.24. The van der Waals surface area contributed by atoms with Crippen molar-refractivity contribution in [1.82, 2.24) is 15.0 Å². The van der Waals surface area contributed by atoms with Crippen LogP contribution >= 0.6 is 0 Å². The summed E-state index contributed by atoms with van der Waals surface area (Å²) < 4.78 is 53.9. The highest BCUT2D eigenvalue weighted by Gasteiger charge is 2.40. The molecule has 0 spiro atoms.